The van der Waals surface area contributed by atoms with Crippen LogP contribution in [0.1, 0.15) is 52.4 Å². The van der Waals surface area contributed by atoms with E-state index < -0.39 is 0 Å². The van der Waals surface area contributed by atoms with Gasteiger partial charge in [-0.15, -0.1) is 0 Å². The molecule has 0 amide bonds. The highest BCUT2D eigenvalue weighted by atomic mass is 16.5. The van der Waals surface area contributed by atoms with Gasteiger partial charge in [0.15, 0.2) is 0 Å². The first-order valence-electron chi connectivity index (χ1n) is 6.50. The fraction of sp³-hybridized carbons (Fsp3) is 0.786. The van der Waals surface area contributed by atoms with Crippen LogP contribution in [0.4, 0.5) is 0 Å². The van der Waals surface area contributed by atoms with Gasteiger partial charge in [0.2, 0.25) is 0 Å². The molecule has 16 heavy (non-hydrogen) atoms. The van der Waals surface area contributed by atoms with Crippen LogP contribution in [0.5, 0.6) is 0 Å². The van der Waals surface area contributed by atoms with Crippen LogP contribution in [0.2, 0.25) is 0 Å². The van der Waals surface area contributed by atoms with E-state index in [1.54, 1.807) is 0 Å². The Morgan fingerprint density at radius 3 is 2.75 bits per heavy atom. The largest absolute Gasteiger partial charge is 0.463 e. The molecular formula is C14H22O2. The quantitative estimate of drug-likeness (QED) is 0.538. The summed E-state index contributed by atoms with van der Waals surface area (Å²) in [5.74, 6) is 0.650. The summed E-state index contributed by atoms with van der Waals surface area (Å²) in [6, 6.07) is 0. The topological polar surface area (TPSA) is 26.3 Å². The predicted molar refractivity (Wildman–Crippen MR) is 64.0 cm³/mol. The van der Waals surface area contributed by atoms with Gasteiger partial charge in [-0.2, -0.15) is 0 Å². The van der Waals surface area contributed by atoms with Crippen molar-refractivity contribution in [3.8, 4) is 0 Å². The van der Waals surface area contributed by atoms with Crippen LogP contribution in [0.15, 0.2) is 12.2 Å². The fourth-order valence-electron chi connectivity index (χ4n) is 2.54. The van der Waals surface area contributed by atoms with Crippen molar-refractivity contribution in [1.82, 2.24) is 0 Å². The van der Waals surface area contributed by atoms with Crippen LogP contribution in [0.25, 0.3) is 0 Å². The summed E-state index contributed by atoms with van der Waals surface area (Å²) in [6.45, 7) is 3.85. The minimum atomic E-state index is -0.114. The number of esters is 1. The molecule has 0 saturated heterocycles. The van der Waals surface area contributed by atoms with E-state index in [0.717, 1.165) is 19.3 Å². The van der Waals surface area contributed by atoms with Crippen molar-refractivity contribution in [2.75, 3.05) is 0 Å². The average molecular weight is 222 g/mol. The van der Waals surface area contributed by atoms with Crippen LogP contribution in [-0.4, -0.2) is 12.1 Å². The lowest BCUT2D eigenvalue weighted by molar-refractivity contribution is -0.154. The van der Waals surface area contributed by atoms with Gasteiger partial charge in [0.25, 0.3) is 0 Å². The van der Waals surface area contributed by atoms with E-state index in [-0.39, 0.29) is 17.5 Å². The Morgan fingerprint density at radius 2 is 2.25 bits per heavy atom. The first-order chi connectivity index (χ1) is 7.62. The van der Waals surface area contributed by atoms with Crippen molar-refractivity contribution in [2.45, 2.75) is 58.5 Å². The molecular weight excluding hydrogens is 200 g/mol. The highest BCUT2D eigenvalue weighted by Crippen LogP contribution is 2.52. The second-order valence-corrected chi connectivity index (χ2v) is 5.56. The molecule has 1 saturated carbocycles. The van der Waals surface area contributed by atoms with Gasteiger partial charge in [0.1, 0.15) is 0 Å². The molecule has 1 fully saturated rings. The molecule has 0 aromatic carbocycles. The lowest BCUT2D eigenvalue weighted by atomic mass is 9.85. The van der Waals surface area contributed by atoms with Crippen LogP contribution in [0.3, 0.4) is 0 Å². The van der Waals surface area contributed by atoms with Gasteiger partial charge in [0, 0.05) is 0 Å². The van der Waals surface area contributed by atoms with Crippen molar-refractivity contribution >= 4 is 5.97 Å². The molecule has 0 aromatic rings. The maximum Gasteiger partial charge on any atom is 0.312 e. The molecule has 1 atom stereocenters. The Balaban J connectivity index is 1.90. The Hall–Kier alpha value is -0.790. The van der Waals surface area contributed by atoms with E-state index in [2.05, 4.69) is 12.2 Å². The van der Waals surface area contributed by atoms with E-state index in [9.17, 15) is 4.79 Å². The third-order valence-electron chi connectivity index (χ3n) is 3.64. The number of carbonyl (C=O) groups excluding carboxylic acids is 1. The van der Waals surface area contributed by atoms with Gasteiger partial charge in [-0.25, -0.2) is 0 Å². The lowest BCUT2D eigenvalue weighted by Gasteiger charge is -2.22. The van der Waals surface area contributed by atoms with E-state index in [4.69, 9.17) is 4.74 Å². The fourth-order valence-corrected chi connectivity index (χ4v) is 2.54. The van der Waals surface area contributed by atoms with Crippen LogP contribution in [0, 0.1) is 11.3 Å². The predicted octanol–water partition coefficient (Wildman–Crippen LogP) is 3.46. The zero-order valence-electron chi connectivity index (χ0n) is 10.4. The summed E-state index contributed by atoms with van der Waals surface area (Å²) in [4.78, 5) is 12.0. The maximum absolute atomic E-state index is 12.0. The molecule has 0 bridgehead atoms. The summed E-state index contributed by atoms with van der Waals surface area (Å²) in [5, 5.41) is 0. The highest BCUT2D eigenvalue weighted by molar-refractivity contribution is 5.80. The average Bonchev–Trinajstić information content (AvgIpc) is 2.99. The molecule has 2 nitrogen and oxygen atoms in total. The minimum Gasteiger partial charge on any atom is -0.463 e. The molecule has 2 heteroatoms. The molecule has 2 aliphatic rings. The van der Waals surface area contributed by atoms with Crippen molar-refractivity contribution in [3.63, 3.8) is 0 Å². The normalized spacial score (nSPS) is 26.8. The molecule has 0 heterocycles. The first-order valence-corrected chi connectivity index (χ1v) is 6.50. The van der Waals surface area contributed by atoms with Crippen molar-refractivity contribution < 1.29 is 9.53 Å². The van der Waals surface area contributed by atoms with Crippen molar-refractivity contribution in [3.05, 3.63) is 12.2 Å². The van der Waals surface area contributed by atoms with E-state index in [1.807, 2.05) is 13.8 Å². The molecule has 2 rings (SSSR count). The summed E-state index contributed by atoms with van der Waals surface area (Å²) < 4.78 is 5.36. The van der Waals surface area contributed by atoms with Crippen LogP contribution in [-0.2, 0) is 9.53 Å². The summed E-state index contributed by atoms with van der Waals surface area (Å²) in [6.07, 6.45) is 11.4. The van der Waals surface area contributed by atoms with Crippen molar-refractivity contribution in [2.24, 2.45) is 11.3 Å². The number of rotatable bonds is 4. The van der Waals surface area contributed by atoms with Gasteiger partial charge in [-0.3, -0.25) is 4.79 Å². The molecule has 0 aliphatic heterocycles. The van der Waals surface area contributed by atoms with E-state index in [1.165, 1.54) is 19.3 Å². The summed E-state index contributed by atoms with van der Waals surface area (Å²) in [5.41, 5.74) is -0.114. The number of hydrogen-bond donors (Lipinski definition) is 0. The maximum atomic E-state index is 12.0. The highest BCUT2D eigenvalue weighted by Gasteiger charge is 2.52. The number of hydrogen-bond acceptors (Lipinski definition) is 2. The van der Waals surface area contributed by atoms with Crippen molar-refractivity contribution in [1.29, 1.82) is 0 Å². The molecule has 2 aliphatic carbocycles. The second-order valence-electron chi connectivity index (χ2n) is 5.56. The number of carbonyl (C=O) groups is 1. The Kier molecular flexibility index (Phi) is 3.36. The zero-order valence-corrected chi connectivity index (χ0v) is 10.4. The summed E-state index contributed by atoms with van der Waals surface area (Å²) >= 11 is 0. The SMILES string of the molecule is CC(C)OC(=O)C1(CC2C=CCCC2)CC1. The third kappa shape index (κ3) is 2.66. The van der Waals surface area contributed by atoms with Gasteiger partial charge in [-0.05, 0) is 58.3 Å². The van der Waals surface area contributed by atoms with Crippen LogP contribution < -0.4 is 0 Å². The van der Waals surface area contributed by atoms with Gasteiger partial charge in [-0.1, -0.05) is 12.2 Å². The first kappa shape index (κ1) is 11.7. The summed E-state index contributed by atoms with van der Waals surface area (Å²) in [7, 11) is 0. The molecule has 0 N–H and O–H groups in total. The van der Waals surface area contributed by atoms with E-state index in [0.29, 0.717) is 5.92 Å². The molecule has 0 radical (unpaired) electrons. The Labute approximate surface area is 98.1 Å². The molecule has 0 spiro atoms. The zero-order chi connectivity index (χ0) is 11.6. The lowest BCUT2D eigenvalue weighted by Crippen LogP contribution is -2.24. The standard InChI is InChI=1S/C14H22O2/c1-11(2)16-13(15)14(8-9-14)10-12-6-4-3-5-7-12/h4,6,11-12H,3,5,7-10H2,1-2H3. The smallest absolute Gasteiger partial charge is 0.312 e. The Bertz CT molecular complexity index is 287. The molecule has 0 aromatic heterocycles. The van der Waals surface area contributed by atoms with Gasteiger partial charge >= 0.3 is 5.97 Å². The van der Waals surface area contributed by atoms with Crippen LogP contribution >= 0.6 is 0 Å². The monoisotopic (exact) mass is 222 g/mol. The third-order valence-corrected chi connectivity index (χ3v) is 3.64. The van der Waals surface area contributed by atoms with Gasteiger partial charge in [0.05, 0.1) is 11.5 Å². The number of allylic oxidation sites excluding steroid dienone is 2. The number of ether oxygens (including phenoxy) is 1. The molecule has 1 unspecified atom stereocenters. The van der Waals surface area contributed by atoms with E-state index >= 15 is 0 Å². The second kappa shape index (κ2) is 4.60. The Morgan fingerprint density at radius 1 is 1.50 bits per heavy atom. The van der Waals surface area contributed by atoms with Gasteiger partial charge < -0.3 is 4.74 Å². The molecule has 90 valence electrons. The minimum absolute atomic E-state index is 0.0203.